The molecule has 102 valence electrons. The van der Waals surface area contributed by atoms with Crippen molar-refractivity contribution in [2.24, 2.45) is 0 Å². The highest BCUT2D eigenvalue weighted by Gasteiger charge is 2.19. The molecular formula is C13H29N3O. The molecule has 0 saturated carbocycles. The fourth-order valence-corrected chi connectivity index (χ4v) is 2.25. The number of hydrogen-bond acceptors (Lipinski definition) is 4. The van der Waals surface area contributed by atoms with E-state index in [1.807, 2.05) is 13.8 Å². The number of aliphatic hydroxyl groups is 1. The summed E-state index contributed by atoms with van der Waals surface area (Å²) in [5, 5.41) is 9.83. The number of rotatable bonds is 6. The van der Waals surface area contributed by atoms with Crippen molar-refractivity contribution in [2.45, 2.75) is 26.4 Å². The summed E-state index contributed by atoms with van der Waals surface area (Å²) in [7, 11) is 2.18. The number of hydrogen-bond donors (Lipinski definition) is 1. The van der Waals surface area contributed by atoms with Crippen molar-refractivity contribution in [3.05, 3.63) is 0 Å². The molecule has 1 fully saturated rings. The molecule has 17 heavy (non-hydrogen) atoms. The van der Waals surface area contributed by atoms with Crippen molar-refractivity contribution < 1.29 is 5.11 Å². The van der Waals surface area contributed by atoms with Gasteiger partial charge in [-0.2, -0.15) is 0 Å². The molecule has 1 saturated heterocycles. The zero-order chi connectivity index (χ0) is 12.9. The van der Waals surface area contributed by atoms with Crippen LogP contribution in [0.25, 0.3) is 0 Å². The van der Waals surface area contributed by atoms with E-state index < -0.39 is 5.60 Å². The van der Waals surface area contributed by atoms with Crippen LogP contribution in [0.1, 0.15) is 20.8 Å². The standard InChI is InChI=1S/C13H29N3O/c1-5-15(12-13(2,3)17)10-11-16-8-6-14(4)7-9-16/h17H,5-12H2,1-4H3. The second-order valence-corrected chi connectivity index (χ2v) is 5.83. The van der Waals surface area contributed by atoms with Crippen LogP contribution in [0.4, 0.5) is 0 Å². The van der Waals surface area contributed by atoms with Crippen LogP contribution >= 0.6 is 0 Å². The van der Waals surface area contributed by atoms with E-state index >= 15 is 0 Å². The van der Waals surface area contributed by atoms with Gasteiger partial charge in [0.25, 0.3) is 0 Å². The van der Waals surface area contributed by atoms with Crippen LogP contribution in [-0.4, -0.2) is 84.8 Å². The van der Waals surface area contributed by atoms with E-state index in [1.54, 1.807) is 0 Å². The molecule has 0 atom stereocenters. The van der Waals surface area contributed by atoms with E-state index in [0.29, 0.717) is 0 Å². The lowest BCUT2D eigenvalue weighted by atomic mass is 10.1. The van der Waals surface area contributed by atoms with Gasteiger partial charge in [-0.25, -0.2) is 0 Å². The molecule has 1 heterocycles. The van der Waals surface area contributed by atoms with Crippen molar-refractivity contribution in [2.75, 3.05) is 59.4 Å². The third-order valence-electron chi connectivity index (χ3n) is 3.39. The summed E-state index contributed by atoms with van der Waals surface area (Å²) in [6.07, 6.45) is 0. The summed E-state index contributed by atoms with van der Waals surface area (Å²) in [4.78, 5) is 7.23. The van der Waals surface area contributed by atoms with E-state index in [1.165, 1.54) is 26.2 Å². The third kappa shape index (κ3) is 6.36. The Balaban J connectivity index is 2.23. The molecule has 4 heteroatoms. The monoisotopic (exact) mass is 243 g/mol. The molecule has 1 aliphatic rings. The largest absolute Gasteiger partial charge is 0.389 e. The summed E-state index contributed by atoms with van der Waals surface area (Å²) in [5.74, 6) is 0. The quantitative estimate of drug-likeness (QED) is 0.728. The highest BCUT2D eigenvalue weighted by molar-refractivity contribution is 4.74. The van der Waals surface area contributed by atoms with Crippen molar-refractivity contribution in [3.8, 4) is 0 Å². The highest BCUT2D eigenvalue weighted by Crippen LogP contribution is 2.05. The van der Waals surface area contributed by atoms with E-state index in [0.717, 1.165) is 26.2 Å². The summed E-state index contributed by atoms with van der Waals surface area (Å²) < 4.78 is 0. The smallest absolute Gasteiger partial charge is 0.0718 e. The Morgan fingerprint density at radius 3 is 2.24 bits per heavy atom. The van der Waals surface area contributed by atoms with Gasteiger partial charge in [-0.15, -0.1) is 0 Å². The van der Waals surface area contributed by atoms with Gasteiger partial charge in [0.2, 0.25) is 0 Å². The van der Waals surface area contributed by atoms with Gasteiger partial charge < -0.3 is 10.0 Å². The van der Waals surface area contributed by atoms with Gasteiger partial charge in [-0.05, 0) is 27.4 Å². The van der Waals surface area contributed by atoms with Crippen LogP contribution in [0, 0.1) is 0 Å². The van der Waals surface area contributed by atoms with Crippen LogP contribution in [0.3, 0.4) is 0 Å². The Hall–Kier alpha value is -0.160. The Morgan fingerprint density at radius 2 is 1.76 bits per heavy atom. The van der Waals surface area contributed by atoms with Gasteiger partial charge in [-0.1, -0.05) is 6.92 Å². The molecule has 0 aromatic heterocycles. The van der Waals surface area contributed by atoms with Crippen LogP contribution in [-0.2, 0) is 0 Å². The fourth-order valence-electron chi connectivity index (χ4n) is 2.25. The fraction of sp³-hybridized carbons (Fsp3) is 1.00. The number of nitrogens with zero attached hydrogens (tertiary/aromatic N) is 3. The molecule has 1 N–H and O–H groups in total. The van der Waals surface area contributed by atoms with Crippen LogP contribution < -0.4 is 0 Å². The molecule has 0 aliphatic carbocycles. The molecule has 0 amide bonds. The second kappa shape index (κ2) is 6.69. The lowest BCUT2D eigenvalue weighted by molar-refractivity contribution is 0.0328. The lowest BCUT2D eigenvalue weighted by Crippen LogP contribution is -2.48. The van der Waals surface area contributed by atoms with Crippen molar-refractivity contribution >= 4 is 0 Å². The van der Waals surface area contributed by atoms with E-state index in [9.17, 15) is 5.11 Å². The predicted molar refractivity (Wildman–Crippen MR) is 72.3 cm³/mol. The maximum atomic E-state index is 9.83. The van der Waals surface area contributed by atoms with Gasteiger partial charge in [0.05, 0.1) is 5.60 Å². The lowest BCUT2D eigenvalue weighted by Gasteiger charge is -2.35. The van der Waals surface area contributed by atoms with Crippen molar-refractivity contribution in [1.29, 1.82) is 0 Å². The van der Waals surface area contributed by atoms with E-state index in [-0.39, 0.29) is 0 Å². The molecule has 0 spiro atoms. The van der Waals surface area contributed by atoms with Gasteiger partial charge >= 0.3 is 0 Å². The van der Waals surface area contributed by atoms with E-state index in [4.69, 9.17) is 0 Å². The molecule has 0 aromatic carbocycles. The Bertz CT molecular complexity index is 207. The van der Waals surface area contributed by atoms with Crippen LogP contribution in [0.15, 0.2) is 0 Å². The highest BCUT2D eigenvalue weighted by atomic mass is 16.3. The summed E-state index contributed by atoms with van der Waals surface area (Å²) in [5.41, 5.74) is -0.585. The molecule has 1 rings (SSSR count). The minimum atomic E-state index is -0.585. The molecule has 0 bridgehead atoms. The molecule has 0 aromatic rings. The first-order valence-electron chi connectivity index (χ1n) is 6.76. The summed E-state index contributed by atoms with van der Waals surface area (Å²) >= 11 is 0. The van der Waals surface area contributed by atoms with Crippen molar-refractivity contribution in [1.82, 2.24) is 14.7 Å². The Kier molecular flexibility index (Phi) is 5.86. The average Bonchev–Trinajstić information content (AvgIpc) is 2.25. The topological polar surface area (TPSA) is 30.0 Å². The number of likely N-dealkylation sites (N-methyl/N-ethyl adjacent to an activating group) is 2. The summed E-state index contributed by atoms with van der Waals surface area (Å²) in [6.45, 7) is 14.6. The minimum Gasteiger partial charge on any atom is -0.389 e. The Morgan fingerprint density at radius 1 is 1.18 bits per heavy atom. The molecular weight excluding hydrogens is 214 g/mol. The SMILES string of the molecule is CCN(CCN1CCN(C)CC1)CC(C)(C)O. The predicted octanol–water partition coefficient (Wildman–Crippen LogP) is 0.327. The van der Waals surface area contributed by atoms with Gasteiger partial charge in [0, 0.05) is 45.8 Å². The minimum absolute atomic E-state index is 0.585. The first-order valence-corrected chi connectivity index (χ1v) is 6.76. The number of piperazine rings is 1. The first kappa shape index (κ1) is 14.9. The zero-order valence-electron chi connectivity index (χ0n) is 11.9. The molecule has 0 unspecified atom stereocenters. The maximum Gasteiger partial charge on any atom is 0.0718 e. The average molecular weight is 243 g/mol. The third-order valence-corrected chi connectivity index (χ3v) is 3.39. The zero-order valence-corrected chi connectivity index (χ0v) is 11.9. The first-order chi connectivity index (χ1) is 7.90. The maximum absolute atomic E-state index is 9.83. The van der Waals surface area contributed by atoms with Gasteiger partial charge in [-0.3, -0.25) is 9.80 Å². The second-order valence-electron chi connectivity index (χ2n) is 5.83. The van der Waals surface area contributed by atoms with Gasteiger partial charge in [0.1, 0.15) is 0 Å². The van der Waals surface area contributed by atoms with Crippen LogP contribution in [0.2, 0.25) is 0 Å². The molecule has 4 nitrogen and oxygen atoms in total. The molecule has 0 radical (unpaired) electrons. The Labute approximate surface area is 106 Å². The van der Waals surface area contributed by atoms with E-state index in [2.05, 4.69) is 28.7 Å². The van der Waals surface area contributed by atoms with Crippen LogP contribution in [0.5, 0.6) is 0 Å². The normalized spacial score (nSPS) is 20.1. The summed E-state index contributed by atoms with van der Waals surface area (Å²) in [6, 6.07) is 0. The van der Waals surface area contributed by atoms with Crippen molar-refractivity contribution in [3.63, 3.8) is 0 Å². The van der Waals surface area contributed by atoms with Gasteiger partial charge in [0.15, 0.2) is 0 Å². The molecule has 1 aliphatic heterocycles.